The summed E-state index contributed by atoms with van der Waals surface area (Å²) in [6.07, 6.45) is 2.12. The van der Waals surface area contributed by atoms with E-state index in [2.05, 4.69) is 24.1 Å². The van der Waals surface area contributed by atoms with Crippen molar-refractivity contribution in [2.24, 2.45) is 0 Å². The average molecular weight is 342 g/mol. The summed E-state index contributed by atoms with van der Waals surface area (Å²) >= 11 is 5.89. The Morgan fingerprint density at radius 3 is 2.71 bits per heavy atom. The molecule has 0 aromatic heterocycles. The van der Waals surface area contributed by atoms with Crippen LogP contribution in [0.3, 0.4) is 0 Å². The number of halogens is 1. The molecule has 0 radical (unpaired) electrons. The second-order valence-corrected chi connectivity index (χ2v) is 5.66. The highest BCUT2D eigenvalue weighted by atomic mass is 35.5. The maximum Gasteiger partial charge on any atom is 0.252 e. The van der Waals surface area contributed by atoms with Gasteiger partial charge in [-0.3, -0.25) is 4.79 Å². The largest absolute Gasteiger partial charge is 0.494 e. The number of carbonyl (C=O) groups excluding carboxylic acids is 1. The van der Waals surface area contributed by atoms with Gasteiger partial charge in [0, 0.05) is 16.1 Å². The zero-order valence-electron chi connectivity index (χ0n) is 13.6. The van der Waals surface area contributed by atoms with E-state index >= 15 is 0 Å². The van der Waals surface area contributed by atoms with Crippen molar-refractivity contribution in [3.05, 3.63) is 64.7 Å². The Hall–Kier alpha value is -2.44. The van der Waals surface area contributed by atoms with Crippen LogP contribution < -0.4 is 10.1 Å². The number of rotatable bonds is 6. The Balaban J connectivity index is 1.82. The summed E-state index contributed by atoms with van der Waals surface area (Å²) in [5.41, 5.74) is 1.41. The van der Waals surface area contributed by atoms with Gasteiger partial charge in [-0.1, -0.05) is 42.9 Å². The zero-order valence-corrected chi connectivity index (χ0v) is 14.4. The number of benzene rings is 2. The number of unbranched alkanes of at least 4 members (excludes halogenated alkanes) is 1. The molecule has 0 heterocycles. The van der Waals surface area contributed by atoms with Gasteiger partial charge in [0.25, 0.3) is 5.91 Å². The van der Waals surface area contributed by atoms with E-state index in [0.717, 1.165) is 24.2 Å². The van der Waals surface area contributed by atoms with Crippen molar-refractivity contribution in [2.45, 2.75) is 19.8 Å². The van der Waals surface area contributed by atoms with Gasteiger partial charge >= 0.3 is 0 Å². The molecule has 0 spiro atoms. The van der Waals surface area contributed by atoms with Crippen LogP contribution in [-0.2, 0) is 0 Å². The van der Waals surface area contributed by atoms with Crippen LogP contribution in [0, 0.1) is 11.8 Å². The van der Waals surface area contributed by atoms with Gasteiger partial charge in [-0.2, -0.15) is 0 Å². The summed E-state index contributed by atoms with van der Waals surface area (Å²) in [6, 6.07) is 14.4. The minimum Gasteiger partial charge on any atom is -0.494 e. The van der Waals surface area contributed by atoms with Crippen molar-refractivity contribution < 1.29 is 9.53 Å². The first-order valence-corrected chi connectivity index (χ1v) is 8.32. The van der Waals surface area contributed by atoms with Gasteiger partial charge in [0.05, 0.1) is 13.2 Å². The van der Waals surface area contributed by atoms with E-state index in [0.29, 0.717) is 17.2 Å². The molecule has 24 heavy (non-hydrogen) atoms. The molecule has 0 saturated carbocycles. The molecule has 2 aromatic carbocycles. The standard InChI is InChI=1S/C20H20ClNO2/c1-2-3-14-24-19-11-9-17(10-12-19)20(23)22-13-5-7-16-6-4-8-18(21)15-16/h4,6,8-12,15H,2-3,13-14H2,1H3,(H,22,23). The van der Waals surface area contributed by atoms with Gasteiger partial charge in [0.1, 0.15) is 5.75 Å². The quantitative estimate of drug-likeness (QED) is 0.628. The number of ether oxygens (including phenoxy) is 1. The van der Waals surface area contributed by atoms with Gasteiger partial charge in [-0.15, -0.1) is 0 Å². The lowest BCUT2D eigenvalue weighted by Crippen LogP contribution is -2.23. The van der Waals surface area contributed by atoms with Crippen LogP contribution >= 0.6 is 11.6 Å². The summed E-state index contributed by atoms with van der Waals surface area (Å²) in [4.78, 5) is 12.0. The highest BCUT2D eigenvalue weighted by Gasteiger charge is 2.04. The normalized spacial score (nSPS) is 9.75. The minimum atomic E-state index is -0.157. The summed E-state index contributed by atoms with van der Waals surface area (Å²) in [6.45, 7) is 3.09. The van der Waals surface area contributed by atoms with Crippen LogP contribution in [0.25, 0.3) is 0 Å². The second-order valence-electron chi connectivity index (χ2n) is 5.22. The summed E-state index contributed by atoms with van der Waals surface area (Å²) < 4.78 is 5.57. The molecule has 4 heteroatoms. The van der Waals surface area contributed by atoms with Crippen LogP contribution in [0.4, 0.5) is 0 Å². The van der Waals surface area contributed by atoms with Crippen LogP contribution in [0.2, 0.25) is 5.02 Å². The molecule has 0 fully saturated rings. The summed E-state index contributed by atoms with van der Waals surface area (Å²) in [7, 11) is 0. The molecule has 0 saturated heterocycles. The highest BCUT2D eigenvalue weighted by Crippen LogP contribution is 2.12. The molecule has 0 aliphatic heterocycles. The Bertz CT molecular complexity index is 729. The Kier molecular flexibility index (Phi) is 7.20. The number of hydrogen-bond donors (Lipinski definition) is 1. The first-order valence-electron chi connectivity index (χ1n) is 7.94. The fourth-order valence-corrected chi connectivity index (χ4v) is 2.17. The van der Waals surface area contributed by atoms with Gasteiger partial charge in [-0.05, 0) is 48.9 Å². The monoisotopic (exact) mass is 341 g/mol. The van der Waals surface area contributed by atoms with Crippen molar-refractivity contribution in [3.8, 4) is 17.6 Å². The molecule has 0 atom stereocenters. The predicted molar refractivity (Wildman–Crippen MR) is 97.5 cm³/mol. The van der Waals surface area contributed by atoms with Crippen LogP contribution in [0.15, 0.2) is 48.5 Å². The number of amides is 1. The third kappa shape index (κ3) is 5.98. The van der Waals surface area contributed by atoms with Gasteiger partial charge in [0.15, 0.2) is 0 Å². The number of carbonyl (C=O) groups is 1. The molecule has 1 N–H and O–H groups in total. The molecule has 0 aliphatic rings. The molecule has 0 unspecified atom stereocenters. The fraction of sp³-hybridized carbons (Fsp3) is 0.250. The lowest BCUT2D eigenvalue weighted by Gasteiger charge is -2.06. The van der Waals surface area contributed by atoms with Gasteiger partial charge in [0.2, 0.25) is 0 Å². The number of hydrogen-bond acceptors (Lipinski definition) is 2. The lowest BCUT2D eigenvalue weighted by atomic mass is 10.2. The number of nitrogens with one attached hydrogen (secondary N) is 1. The maximum atomic E-state index is 12.0. The average Bonchev–Trinajstić information content (AvgIpc) is 2.59. The Labute approximate surface area is 148 Å². The van der Waals surface area contributed by atoms with E-state index in [-0.39, 0.29) is 12.5 Å². The van der Waals surface area contributed by atoms with Crippen molar-refractivity contribution >= 4 is 17.5 Å². The summed E-state index contributed by atoms with van der Waals surface area (Å²) in [5, 5.41) is 3.41. The van der Waals surface area contributed by atoms with E-state index in [9.17, 15) is 4.79 Å². The molecule has 1 amide bonds. The molecule has 2 rings (SSSR count). The van der Waals surface area contributed by atoms with Crippen LogP contribution in [-0.4, -0.2) is 19.1 Å². The highest BCUT2D eigenvalue weighted by molar-refractivity contribution is 6.30. The minimum absolute atomic E-state index is 0.157. The van der Waals surface area contributed by atoms with E-state index in [4.69, 9.17) is 16.3 Å². The fourth-order valence-electron chi connectivity index (χ4n) is 1.98. The lowest BCUT2D eigenvalue weighted by molar-refractivity contribution is 0.0958. The Morgan fingerprint density at radius 2 is 2.00 bits per heavy atom. The molecule has 2 aromatic rings. The van der Waals surface area contributed by atoms with E-state index in [1.54, 1.807) is 24.3 Å². The third-order valence-electron chi connectivity index (χ3n) is 3.28. The molecular formula is C20H20ClNO2. The van der Waals surface area contributed by atoms with E-state index < -0.39 is 0 Å². The topological polar surface area (TPSA) is 38.3 Å². The van der Waals surface area contributed by atoms with E-state index in [1.807, 2.05) is 24.3 Å². The molecule has 0 aliphatic carbocycles. The van der Waals surface area contributed by atoms with Crippen molar-refractivity contribution in [1.82, 2.24) is 5.32 Å². The van der Waals surface area contributed by atoms with Crippen LogP contribution in [0.5, 0.6) is 5.75 Å². The van der Waals surface area contributed by atoms with E-state index in [1.165, 1.54) is 0 Å². The molecule has 124 valence electrons. The molecular weight excluding hydrogens is 322 g/mol. The van der Waals surface area contributed by atoms with Crippen molar-refractivity contribution in [1.29, 1.82) is 0 Å². The van der Waals surface area contributed by atoms with Gasteiger partial charge in [-0.25, -0.2) is 0 Å². The Morgan fingerprint density at radius 1 is 1.21 bits per heavy atom. The zero-order chi connectivity index (χ0) is 17.2. The molecule has 0 bridgehead atoms. The second kappa shape index (κ2) is 9.64. The predicted octanol–water partition coefficient (Wildman–Crippen LogP) is 4.30. The van der Waals surface area contributed by atoms with Crippen LogP contribution in [0.1, 0.15) is 35.7 Å². The first kappa shape index (κ1) is 17.9. The first-order chi connectivity index (χ1) is 11.7. The summed E-state index contributed by atoms with van der Waals surface area (Å²) in [5.74, 6) is 6.49. The van der Waals surface area contributed by atoms with Crippen molar-refractivity contribution in [3.63, 3.8) is 0 Å². The van der Waals surface area contributed by atoms with Gasteiger partial charge < -0.3 is 10.1 Å². The third-order valence-corrected chi connectivity index (χ3v) is 3.51. The maximum absolute atomic E-state index is 12.0. The SMILES string of the molecule is CCCCOc1ccc(C(=O)NCC#Cc2cccc(Cl)c2)cc1. The molecule has 3 nitrogen and oxygen atoms in total. The smallest absolute Gasteiger partial charge is 0.252 e. The van der Waals surface area contributed by atoms with Crippen molar-refractivity contribution in [2.75, 3.05) is 13.2 Å².